The summed E-state index contributed by atoms with van der Waals surface area (Å²) in [5.41, 5.74) is 1.08. The number of nitrogens with one attached hydrogen (secondary N) is 2. The van der Waals surface area contributed by atoms with Crippen molar-refractivity contribution in [3.63, 3.8) is 0 Å². The van der Waals surface area contributed by atoms with Gasteiger partial charge in [0, 0.05) is 12.1 Å². The van der Waals surface area contributed by atoms with Crippen molar-refractivity contribution in [3.05, 3.63) is 18.2 Å². The number of ether oxygens (including phenoxy) is 2. The molecule has 1 aromatic rings. The van der Waals surface area contributed by atoms with Crippen molar-refractivity contribution in [2.75, 3.05) is 17.7 Å². The molecule has 0 heterocycles. The molecule has 0 unspecified atom stereocenters. The average molecular weight is 334 g/mol. The highest BCUT2D eigenvalue weighted by atomic mass is 16.6. The number of rotatable bonds is 4. The lowest BCUT2D eigenvalue weighted by Crippen LogP contribution is -2.28. The van der Waals surface area contributed by atoms with E-state index in [-0.39, 0.29) is 0 Å². The fraction of sp³-hybridized carbons (Fsp3) is 0.632. The first-order valence-electron chi connectivity index (χ1n) is 8.82. The first kappa shape index (κ1) is 18.4. The molecule has 24 heavy (non-hydrogen) atoms. The van der Waals surface area contributed by atoms with Gasteiger partial charge in [-0.15, -0.1) is 0 Å². The third-order valence-electron chi connectivity index (χ3n) is 4.08. The number of amides is 1. The number of benzene rings is 1. The van der Waals surface area contributed by atoms with Crippen molar-refractivity contribution >= 4 is 17.5 Å². The Balaban J connectivity index is 2.12. The molecule has 2 rings (SSSR count). The van der Waals surface area contributed by atoms with E-state index >= 15 is 0 Å². The number of anilines is 2. The standard InChI is InChI=1S/C19H30N2O3/c1-19(2,3)24-18(22)21-16-12-11-15(23-4)13-17(16)20-14-9-7-5-6-8-10-14/h11-14,20H,5-10H2,1-4H3,(H,21,22). The fourth-order valence-electron chi connectivity index (χ4n) is 2.94. The summed E-state index contributed by atoms with van der Waals surface area (Å²) in [4.78, 5) is 12.1. The Bertz CT molecular complexity index is 544. The lowest BCUT2D eigenvalue weighted by atomic mass is 10.1. The van der Waals surface area contributed by atoms with Crippen LogP contribution in [0.4, 0.5) is 16.2 Å². The summed E-state index contributed by atoms with van der Waals surface area (Å²) < 4.78 is 10.7. The van der Waals surface area contributed by atoms with Gasteiger partial charge in [0.15, 0.2) is 0 Å². The maximum absolute atomic E-state index is 12.1. The first-order valence-corrected chi connectivity index (χ1v) is 8.82. The van der Waals surface area contributed by atoms with Gasteiger partial charge >= 0.3 is 6.09 Å². The zero-order valence-electron chi connectivity index (χ0n) is 15.3. The third-order valence-corrected chi connectivity index (χ3v) is 4.08. The minimum Gasteiger partial charge on any atom is -0.497 e. The van der Waals surface area contributed by atoms with Crippen molar-refractivity contribution in [2.24, 2.45) is 0 Å². The smallest absolute Gasteiger partial charge is 0.412 e. The molecule has 2 N–H and O–H groups in total. The predicted molar refractivity (Wildman–Crippen MR) is 98.0 cm³/mol. The Morgan fingerprint density at radius 2 is 1.75 bits per heavy atom. The predicted octanol–water partition coefficient (Wildman–Crippen LogP) is 5.18. The summed E-state index contributed by atoms with van der Waals surface area (Å²) in [6, 6.07) is 6.04. The lowest BCUT2D eigenvalue weighted by molar-refractivity contribution is 0.0636. The minimum absolute atomic E-state index is 0.429. The molecule has 5 heteroatoms. The molecule has 1 aromatic carbocycles. The number of methoxy groups -OCH3 is 1. The minimum atomic E-state index is -0.522. The molecule has 1 amide bonds. The van der Waals surface area contributed by atoms with Gasteiger partial charge in [0.05, 0.1) is 18.5 Å². The van der Waals surface area contributed by atoms with Gasteiger partial charge in [0.25, 0.3) is 0 Å². The van der Waals surface area contributed by atoms with Gasteiger partial charge in [-0.25, -0.2) is 4.79 Å². The van der Waals surface area contributed by atoms with Crippen molar-refractivity contribution in [1.82, 2.24) is 0 Å². The first-order chi connectivity index (χ1) is 11.4. The van der Waals surface area contributed by atoms with Gasteiger partial charge in [0.2, 0.25) is 0 Å². The quantitative estimate of drug-likeness (QED) is 0.745. The fourth-order valence-corrected chi connectivity index (χ4v) is 2.94. The largest absolute Gasteiger partial charge is 0.497 e. The Morgan fingerprint density at radius 1 is 1.08 bits per heavy atom. The van der Waals surface area contributed by atoms with Crippen LogP contribution in [0.15, 0.2) is 18.2 Å². The van der Waals surface area contributed by atoms with Crippen LogP contribution in [-0.2, 0) is 4.74 Å². The highest BCUT2D eigenvalue weighted by Gasteiger charge is 2.19. The van der Waals surface area contributed by atoms with Crippen LogP contribution >= 0.6 is 0 Å². The molecule has 1 aliphatic carbocycles. The van der Waals surface area contributed by atoms with Crippen molar-refractivity contribution in [2.45, 2.75) is 70.9 Å². The van der Waals surface area contributed by atoms with E-state index in [1.54, 1.807) is 7.11 Å². The normalized spacial score (nSPS) is 16.2. The van der Waals surface area contributed by atoms with E-state index in [0.29, 0.717) is 11.7 Å². The second-order valence-corrected chi connectivity index (χ2v) is 7.37. The second-order valence-electron chi connectivity index (χ2n) is 7.37. The van der Waals surface area contributed by atoms with E-state index in [2.05, 4.69) is 10.6 Å². The molecule has 134 valence electrons. The van der Waals surface area contributed by atoms with Crippen molar-refractivity contribution in [3.8, 4) is 5.75 Å². The topological polar surface area (TPSA) is 59.6 Å². The van der Waals surface area contributed by atoms with Crippen LogP contribution in [0.25, 0.3) is 0 Å². The van der Waals surface area contributed by atoms with Crippen LogP contribution in [0.2, 0.25) is 0 Å². The van der Waals surface area contributed by atoms with Gasteiger partial charge in [-0.2, -0.15) is 0 Å². The van der Waals surface area contributed by atoms with E-state index in [0.717, 1.165) is 24.3 Å². The van der Waals surface area contributed by atoms with Crippen molar-refractivity contribution < 1.29 is 14.3 Å². The number of hydrogen-bond acceptors (Lipinski definition) is 4. The summed E-state index contributed by atoms with van der Waals surface area (Å²) in [5.74, 6) is 0.765. The molecule has 0 saturated heterocycles. The molecule has 1 fully saturated rings. The monoisotopic (exact) mass is 334 g/mol. The maximum Gasteiger partial charge on any atom is 0.412 e. The van der Waals surface area contributed by atoms with Crippen LogP contribution in [0, 0.1) is 0 Å². The molecule has 0 aromatic heterocycles. The highest BCUT2D eigenvalue weighted by Crippen LogP contribution is 2.30. The van der Waals surface area contributed by atoms with Gasteiger partial charge < -0.3 is 14.8 Å². The molecule has 1 saturated carbocycles. The van der Waals surface area contributed by atoms with E-state index < -0.39 is 11.7 Å². The van der Waals surface area contributed by atoms with Crippen LogP contribution in [0.3, 0.4) is 0 Å². The average Bonchev–Trinajstić information content (AvgIpc) is 2.75. The Labute approximate surface area is 145 Å². The molecule has 0 bridgehead atoms. The molecule has 1 aliphatic rings. The number of carbonyl (C=O) groups excluding carboxylic acids is 1. The molecule has 0 spiro atoms. The summed E-state index contributed by atoms with van der Waals surface area (Å²) in [7, 11) is 1.64. The number of hydrogen-bond donors (Lipinski definition) is 2. The Kier molecular flexibility index (Phi) is 6.35. The summed E-state index contributed by atoms with van der Waals surface area (Å²) in [6.45, 7) is 5.56. The summed E-state index contributed by atoms with van der Waals surface area (Å²) in [5, 5.41) is 6.43. The summed E-state index contributed by atoms with van der Waals surface area (Å²) >= 11 is 0. The van der Waals surface area contributed by atoms with Gasteiger partial charge in [-0.1, -0.05) is 25.7 Å². The van der Waals surface area contributed by atoms with E-state index in [9.17, 15) is 4.79 Å². The summed E-state index contributed by atoms with van der Waals surface area (Å²) in [6.07, 6.45) is 6.97. The zero-order valence-corrected chi connectivity index (χ0v) is 15.3. The van der Waals surface area contributed by atoms with Crippen LogP contribution in [0.1, 0.15) is 59.3 Å². The Morgan fingerprint density at radius 3 is 2.33 bits per heavy atom. The lowest BCUT2D eigenvalue weighted by Gasteiger charge is -2.23. The van der Waals surface area contributed by atoms with E-state index in [4.69, 9.17) is 9.47 Å². The molecule has 0 aliphatic heterocycles. The molecular weight excluding hydrogens is 304 g/mol. The maximum atomic E-state index is 12.1. The molecule has 0 radical (unpaired) electrons. The van der Waals surface area contributed by atoms with E-state index in [1.807, 2.05) is 39.0 Å². The van der Waals surface area contributed by atoms with Gasteiger partial charge in [-0.05, 0) is 45.7 Å². The Hall–Kier alpha value is -1.91. The number of carbonyl (C=O) groups is 1. The molecule has 0 atom stereocenters. The highest BCUT2D eigenvalue weighted by molar-refractivity contribution is 5.90. The van der Waals surface area contributed by atoms with Gasteiger partial charge in [-0.3, -0.25) is 5.32 Å². The second kappa shape index (κ2) is 8.27. The van der Waals surface area contributed by atoms with Crippen molar-refractivity contribution in [1.29, 1.82) is 0 Å². The van der Waals surface area contributed by atoms with Gasteiger partial charge in [0.1, 0.15) is 11.4 Å². The molecule has 5 nitrogen and oxygen atoms in total. The zero-order chi connectivity index (χ0) is 17.6. The van der Waals surface area contributed by atoms with Crippen LogP contribution in [-0.4, -0.2) is 24.8 Å². The van der Waals surface area contributed by atoms with E-state index in [1.165, 1.54) is 25.7 Å². The third kappa shape index (κ3) is 5.95. The SMILES string of the molecule is COc1ccc(NC(=O)OC(C)(C)C)c(NC2CCCCCC2)c1. The van der Waals surface area contributed by atoms with Crippen LogP contribution in [0.5, 0.6) is 5.75 Å². The molecular formula is C19H30N2O3. The van der Waals surface area contributed by atoms with Crippen LogP contribution < -0.4 is 15.4 Å².